The van der Waals surface area contributed by atoms with Crippen molar-refractivity contribution in [3.05, 3.63) is 54.6 Å². The Kier molecular flexibility index (Phi) is 10.6. The third-order valence-electron chi connectivity index (χ3n) is 13.1. The van der Waals surface area contributed by atoms with E-state index in [1.807, 2.05) is 48.5 Å². The first-order valence-corrected chi connectivity index (χ1v) is 20.1. The van der Waals surface area contributed by atoms with Crippen molar-refractivity contribution in [1.82, 2.24) is 0 Å². The zero-order chi connectivity index (χ0) is 47.4. The van der Waals surface area contributed by atoms with E-state index in [-0.39, 0.29) is 158 Å². The molecule has 0 aliphatic rings. The van der Waals surface area contributed by atoms with Gasteiger partial charge in [-0.25, -0.2) is 0 Å². The van der Waals surface area contributed by atoms with Crippen LogP contribution in [0.1, 0.15) is 0 Å². The summed E-state index contributed by atoms with van der Waals surface area (Å²) in [6.45, 7) is 0. The second-order valence-corrected chi connectivity index (χ2v) is 16.5. The molecule has 0 aliphatic carbocycles. The summed E-state index contributed by atoms with van der Waals surface area (Å²) in [6.07, 6.45) is 0. The van der Waals surface area contributed by atoms with Gasteiger partial charge in [0.15, 0.2) is 0 Å². The summed E-state index contributed by atoms with van der Waals surface area (Å²) in [5, 5.41) is 4.71. The highest BCUT2D eigenvalue weighted by Crippen LogP contribution is 2.44. The third-order valence-corrected chi connectivity index (χ3v) is 13.1. The Morgan fingerprint density at radius 2 is 0.561 bits per heavy atom. The van der Waals surface area contributed by atoms with Gasteiger partial charge in [-0.3, -0.25) is 0 Å². The van der Waals surface area contributed by atoms with E-state index >= 15 is 0 Å². The lowest BCUT2D eigenvalue weighted by atomic mass is 9.55. The fourth-order valence-corrected chi connectivity index (χ4v) is 9.63. The Morgan fingerprint density at radius 1 is 0.242 bits per heavy atom. The molecule has 38 radical (unpaired) electrons. The van der Waals surface area contributed by atoms with Gasteiger partial charge < -0.3 is 4.42 Å². The van der Waals surface area contributed by atoms with E-state index < -0.39 is 0 Å². The topological polar surface area (TPSA) is 13.1 Å². The van der Waals surface area contributed by atoms with Crippen molar-refractivity contribution >= 4 is 318 Å². The predicted octanol–water partition coefficient (Wildman–Crippen LogP) is -9.72. The summed E-state index contributed by atoms with van der Waals surface area (Å²) in [5.74, 6) is 0. The van der Waals surface area contributed by atoms with Crippen LogP contribution in [0.5, 0.6) is 0 Å². The molecule has 0 saturated carbocycles. The maximum atomic E-state index is 7.29. The standard InChI is InChI=1S/C46H9B19O/c47-28-23(24-25(35(54)43(62)42(61)34(24)53)26(29(28)48)27-36(55)44(63)46(65)45(64)37(27)56)18-21-19(30(49)38(57)40(59)32(21)51)17(20-22(18)33(52)41(60)39(58)31(20)50)12-5-6-15-13(8-12)14-7-10-3-1-2-4-11(10)9-16(14)66-15/h1-9H. The lowest BCUT2D eigenvalue weighted by Gasteiger charge is -2.33. The third kappa shape index (κ3) is 5.94. The molecule has 0 atom stereocenters. The Hall–Kier alpha value is -4.95. The summed E-state index contributed by atoms with van der Waals surface area (Å²) < 4.78 is 6.37. The van der Waals surface area contributed by atoms with Crippen molar-refractivity contribution < 1.29 is 4.42 Å². The zero-order valence-corrected chi connectivity index (χ0v) is 35.1. The average Bonchev–Trinajstić information content (AvgIpc) is 3.67. The molecule has 0 amide bonds. The van der Waals surface area contributed by atoms with Crippen LogP contribution in [0.3, 0.4) is 0 Å². The maximum absolute atomic E-state index is 7.29. The Labute approximate surface area is 407 Å². The lowest BCUT2D eigenvalue weighted by Crippen LogP contribution is -2.56. The molecule has 0 saturated heterocycles. The summed E-state index contributed by atoms with van der Waals surface area (Å²) in [6, 6.07) is 17.6. The van der Waals surface area contributed by atoms with Crippen LogP contribution in [-0.2, 0) is 0 Å². The van der Waals surface area contributed by atoms with Gasteiger partial charge >= 0.3 is 0 Å². The second-order valence-electron chi connectivity index (χ2n) is 16.5. The molecule has 0 fully saturated rings. The van der Waals surface area contributed by atoms with Gasteiger partial charge in [-0.2, -0.15) is 0 Å². The molecule has 20 heteroatoms. The van der Waals surface area contributed by atoms with E-state index in [1.54, 1.807) is 0 Å². The Balaban J connectivity index is 1.48. The quantitative estimate of drug-likeness (QED) is 0.129. The van der Waals surface area contributed by atoms with Crippen LogP contribution in [-0.4, -0.2) is 149 Å². The van der Waals surface area contributed by atoms with Crippen molar-refractivity contribution in [3.63, 3.8) is 0 Å². The molecule has 9 aromatic carbocycles. The molecule has 0 N–H and O–H groups in total. The van der Waals surface area contributed by atoms with E-state index in [0.717, 1.165) is 21.5 Å². The monoisotopic (exact) mass is 786 g/mol. The minimum Gasteiger partial charge on any atom is -0.456 e. The number of rotatable bonds is 3. The van der Waals surface area contributed by atoms with Crippen molar-refractivity contribution in [2.75, 3.05) is 0 Å². The molecule has 0 bridgehead atoms. The highest BCUT2D eigenvalue weighted by molar-refractivity contribution is 6.75. The van der Waals surface area contributed by atoms with Gasteiger partial charge in [0.2, 0.25) is 0 Å². The molecule has 1 heterocycles. The molecule has 1 nitrogen and oxygen atoms in total. The van der Waals surface area contributed by atoms with Crippen LogP contribution in [0.25, 0.3) is 98.4 Å². The van der Waals surface area contributed by atoms with Crippen molar-refractivity contribution in [2.24, 2.45) is 0 Å². The van der Waals surface area contributed by atoms with Gasteiger partial charge in [0.25, 0.3) is 0 Å². The minimum absolute atomic E-state index is 0.0171. The van der Waals surface area contributed by atoms with Crippen LogP contribution in [0.4, 0.5) is 0 Å². The fraction of sp³-hybridized carbons (Fsp3) is 0. The van der Waals surface area contributed by atoms with Gasteiger partial charge in [0.05, 0.1) is 0 Å². The first-order valence-electron chi connectivity index (χ1n) is 20.1. The van der Waals surface area contributed by atoms with Gasteiger partial charge in [-0.05, 0) is 101 Å². The highest BCUT2D eigenvalue weighted by atomic mass is 16.3. The molecule has 0 unspecified atom stereocenters. The molecule has 0 spiro atoms. The first kappa shape index (κ1) is 44.9. The lowest BCUT2D eigenvalue weighted by molar-refractivity contribution is 0.669. The van der Waals surface area contributed by atoms with Gasteiger partial charge in [0.1, 0.15) is 160 Å². The normalized spacial score (nSPS) is 11.9. The van der Waals surface area contributed by atoms with Crippen LogP contribution in [0.2, 0.25) is 0 Å². The molecule has 10 aromatic rings. The Morgan fingerprint density at radius 3 is 1.00 bits per heavy atom. The predicted molar refractivity (Wildman–Crippen MR) is 302 cm³/mol. The fourth-order valence-electron chi connectivity index (χ4n) is 9.63. The largest absolute Gasteiger partial charge is 0.456 e. The summed E-state index contributed by atoms with van der Waals surface area (Å²) in [5.41, 5.74) is 1.21. The minimum atomic E-state index is -0.144. The van der Waals surface area contributed by atoms with E-state index in [9.17, 15) is 0 Å². The molecule has 0 aliphatic heterocycles. The molecule has 66 heavy (non-hydrogen) atoms. The van der Waals surface area contributed by atoms with Crippen LogP contribution >= 0.6 is 0 Å². The number of benzene rings is 9. The van der Waals surface area contributed by atoms with E-state index in [2.05, 4.69) is 6.07 Å². The molecule has 10 rings (SSSR count). The highest BCUT2D eigenvalue weighted by Gasteiger charge is 2.30. The smallest absolute Gasteiger partial charge is 0.136 e. The summed E-state index contributed by atoms with van der Waals surface area (Å²) >= 11 is 0. The van der Waals surface area contributed by atoms with E-state index in [4.69, 9.17) is 153 Å². The number of furan rings is 1. The zero-order valence-electron chi connectivity index (χ0n) is 35.1. The van der Waals surface area contributed by atoms with Gasteiger partial charge in [-0.1, -0.05) is 85.0 Å². The van der Waals surface area contributed by atoms with Crippen LogP contribution in [0.15, 0.2) is 59.0 Å². The summed E-state index contributed by atoms with van der Waals surface area (Å²) in [4.78, 5) is 0. The average molecular weight is 783 g/mol. The maximum Gasteiger partial charge on any atom is 0.136 e. The number of fused-ring (bicyclic) bond motifs is 7. The van der Waals surface area contributed by atoms with Crippen molar-refractivity contribution in [1.29, 1.82) is 0 Å². The summed E-state index contributed by atoms with van der Waals surface area (Å²) in [7, 11) is 129. The second kappa shape index (κ2) is 15.5. The molecular formula is C46H9B19O. The van der Waals surface area contributed by atoms with Crippen molar-refractivity contribution in [3.8, 4) is 33.4 Å². The van der Waals surface area contributed by atoms with Crippen LogP contribution < -0.4 is 104 Å². The van der Waals surface area contributed by atoms with Gasteiger partial charge in [0, 0.05) is 10.8 Å². The van der Waals surface area contributed by atoms with Crippen LogP contribution in [0, 0.1) is 0 Å². The molecule has 1 aromatic heterocycles. The van der Waals surface area contributed by atoms with Crippen molar-refractivity contribution in [2.45, 2.75) is 0 Å². The SMILES string of the molecule is [B]c1c([B])c([B])c(-c2c([B])c([B])c(-c3c4c([B])c([B])c([B])c([B])c4c(-c4ccc5oc6cc7ccccc7cc6c5c4)c4c([B])c([B])c([B])c([B])c34)c3c([B])c([B])c([B])c([B])c23)c([B])c1[B]. The Bertz CT molecular complexity index is 3820. The first-order chi connectivity index (χ1) is 31.2. The van der Waals surface area contributed by atoms with E-state index in [1.165, 1.54) is 0 Å². The molecular weight excluding hydrogens is 774 g/mol. The van der Waals surface area contributed by atoms with Gasteiger partial charge in [-0.15, -0.1) is 49.2 Å². The number of hydrogen-bond acceptors (Lipinski definition) is 1. The van der Waals surface area contributed by atoms with E-state index in [0.29, 0.717) is 22.3 Å². The molecule has 256 valence electrons. The number of hydrogen-bond donors (Lipinski definition) is 0.